The Hall–Kier alpha value is -3.48. The quantitative estimate of drug-likeness (QED) is 0.0182. The van der Waals surface area contributed by atoms with Crippen LogP contribution in [0.25, 0.3) is 11.2 Å². The number of nitrogens with zero attached hydrogens (tertiary/aromatic N) is 4. The third kappa shape index (κ3) is 26.6. The van der Waals surface area contributed by atoms with Gasteiger partial charge in [0.25, 0.3) is 0 Å². The molecule has 10 N–H and O–H groups in total. The number of fused-ring (bicyclic) bond motifs is 1. The molecule has 3 heterocycles. The van der Waals surface area contributed by atoms with Crippen LogP contribution in [0.2, 0.25) is 0 Å². The number of anilines is 1. The van der Waals surface area contributed by atoms with Crippen molar-refractivity contribution in [1.82, 2.24) is 30.2 Å². The van der Waals surface area contributed by atoms with Crippen molar-refractivity contribution < 1.29 is 80.5 Å². The number of phosphoric acid groups is 3. The Balaban J connectivity index is 1.23. The van der Waals surface area contributed by atoms with Crippen molar-refractivity contribution in [2.24, 2.45) is 5.41 Å². The number of nitrogen functional groups attached to an aromatic ring is 1. The molecule has 0 spiro atoms. The van der Waals surface area contributed by atoms with Crippen LogP contribution in [-0.2, 0) is 50.7 Å². The van der Waals surface area contributed by atoms with Crippen LogP contribution in [-0.4, -0.2) is 123 Å². The summed E-state index contributed by atoms with van der Waals surface area (Å²) >= 11 is 1.15. The van der Waals surface area contributed by atoms with Crippen LogP contribution in [0.3, 0.4) is 0 Å². The molecule has 2 unspecified atom stereocenters. The number of nitrogens with two attached hydrogens (primary N) is 1. The van der Waals surface area contributed by atoms with Crippen LogP contribution in [0.1, 0.15) is 136 Å². The second kappa shape index (κ2) is 34.4. The molecule has 0 saturated carbocycles. The number of carbonyl (C=O) groups excluding carboxylic acids is 3. The highest BCUT2D eigenvalue weighted by Crippen LogP contribution is 2.61. The fraction of sp³-hybridized carbons (Fsp3) is 0.660. The molecule has 0 radical (unpaired) electrons. The van der Waals surface area contributed by atoms with Crippen molar-refractivity contribution in [1.29, 1.82) is 0 Å². The fourth-order valence-corrected chi connectivity index (χ4v) is 10.9. The summed E-state index contributed by atoms with van der Waals surface area (Å²) in [5.74, 6) is -1.04. The lowest BCUT2D eigenvalue weighted by Crippen LogP contribution is -2.46. The van der Waals surface area contributed by atoms with E-state index in [0.717, 1.165) is 80.4 Å². The minimum atomic E-state index is -5.58. The molecule has 1 fully saturated rings. The lowest BCUT2D eigenvalue weighted by Gasteiger charge is -2.30. The van der Waals surface area contributed by atoms with Crippen LogP contribution >= 0.6 is 35.2 Å². The van der Waals surface area contributed by atoms with Gasteiger partial charge in [0.05, 0.1) is 19.5 Å². The van der Waals surface area contributed by atoms with Crippen LogP contribution in [0, 0.1) is 5.41 Å². The number of aliphatic hydroxyl groups is 2. The lowest BCUT2D eigenvalue weighted by atomic mass is 9.87. The van der Waals surface area contributed by atoms with Gasteiger partial charge in [0.2, 0.25) is 11.8 Å². The number of allylic oxidation sites excluding steroid dienone is 8. The largest absolute Gasteiger partial charge is 0.481 e. The number of carbonyl (C=O) groups is 3. The zero-order valence-electron chi connectivity index (χ0n) is 43.0. The number of thioether (sulfide) groups is 1. The van der Waals surface area contributed by atoms with Gasteiger partial charge in [-0.2, -0.15) is 4.31 Å². The first-order valence-corrected chi connectivity index (χ1v) is 30.7. The molecule has 1 aliphatic rings. The number of aliphatic hydroxyl groups excluding tert-OH is 2. The number of amides is 2. The van der Waals surface area contributed by atoms with Crippen molar-refractivity contribution in [2.45, 2.75) is 161 Å². The Morgan fingerprint density at radius 1 is 0.813 bits per heavy atom. The highest BCUT2D eigenvalue weighted by Gasteiger charge is 2.50. The first-order chi connectivity index (χ1) is 35.6. The zero-order chi connectivity index (χ0) is 55.3. The fourth-order valence-electron chi connectivity index (χ4n) is 7.34. The summed E-state index contributed by atoms with van der Waals surface area (Å²) in [6.45, 7) is 2.78. The normalized spacial score (nSPS) is 19.6. The molecule has 0 aromatic carbocycles. The molecule has 0 aliphatic carbocycles. The van der Waals surface area contributed by atoms with Crippen molar-refractivity contribution in [3.05, 3.63) is 61.3 Å². The minimum Gasteiger partial charge on any atom is -0.386 e. The van der Waals surface area contributed by atoms with Crippen LogP contribution in [0.5, 0.6) is 0 Å². The number of nitrogens with one attached hydrogen (secondary N) is 2. The van der Waals surface area contributed by atoms with Gasteiger partial charge in [-0.1, -0.05) is 126 Å². The van der Waals surface area contributed by atoms with Gasteiger partial charge < -0.3 is 50.9 Å². The Morgan fingerprint density at radius 2 is 1.40 bits per heavy atom. The van der Waals surface area contributed by atoms with Crippen LogP contribution in [0.15, 0.2) is 61.3 Å². The van der Waals surface area contributed by atoms with Crippen molar-refractivity contribution >= 4 is 69.1 Å². The van der Waals surface area contributed by atoms with Crippen molar-refractivity contribution in [2.75, 3.05) is 37.8 Å². The van der Waals surface area contributed by atoms with Gasteiger partial charge in [0, 0.05) is 37.1 Å². The second-order valence-electron chi connectivity index (χ2n) is 18.4. The summed E-state index contributed by atoms with van der Waals surface area (Å²) in [5, 5.41) is 26.7. The van der Waals surface area contributed by atoms with Crippen molar-refractivity contribution in [3.8, 4) is 0 Å². The molecule has 3 rings (SSSR count). The number of phosphoric ester groups is 3. The first kappa shape index (κ1) is 65.8. The Kier molecular flexibility index (Phi) is 30.2. The van der Waals surface area contributed by atoms with E-state index >= 15 is 0 Å². The summed E-state index contributed by atoms with van der Waals surface area (Å²) < 4.78 is 62.5. The number of ether oxygens (including phenoxy) is 1. The smallest absolute Gasteiger partial charge is 0.386 e. The van der Waals surface area contributed by atoms with Crippen LogP contribution in [0.4, 0.5) is 5.82 Å². The van der Waals surface area contributed by atoms with Gasteiger partial charge in [-0.05, 0) is 51.4 Å². The Labute approximate surface area is 443 Å². The van der Waals surface area contributed by atoms with E-state index in [0.29, 0.717) is 12.2 Å². The number of hydrogen-bond acceptors (Lipinski definition) is 18. The summed E-state index contributed by atoms with van der Waals surface area (Å²) in [6, 6.07) is 0. The molecule has 2 amide bonds. The third-order valence-electron chi connectivity index (χ3n) is 11.5. The summed E-state index contributed by atoms with van der Waals surface area (Å²) in [7, 11) is -16.4. The van der Waals surface area contributed by atoms with E-state index in [1.54, 1.807) is 0 Å². The summed E-state index contributed by atoms with van der Waals surface area (Å²) in [6.07, 6.45) is 28.1. The average molecular weight is 1140 g/mol. The van der Waals surface area contributed by atoms with E-state index in [9.17, 15) is 57.9 Å². The van der Waals surface area contributed by atoms with Gasteiger partial charge in [0.1, 0.15) is 36.3 Å². The standard InChI is InChI=1S/C47H78N7O17P3S/c1-4-5-6-7-8-9-10-11-12-13-14-15-16-17-18-19-20-21-22-23-24-25-26-27-38(56)75-31-30-49-37(55)28-29-50-45(59)42(58)47(2,3)33-68-74(65,66)71-73(63,64)67-32-36-41(70-72(60,61)62)40(57)46(69-36)54-35-53-39-43(48)51-34-52-44(39)54/h8-9,11-12,14-15,17-18,34-36,40-42,46,57-58H,4-7,10,13,16,19-33H2,1-3H3,(H,49,55)(H,50,59)(H,63,64)(H,65,66)(H2,48,51,52)(H2,60,61,62)/b9-8-,12-11-,15-14-,18-17-/t36-,40-,41-,42+,46-/m1/s1. The number of aromatic nitrogens is 4. The molecule has 75 heavy (non-hydrogen) atoms. The van der Waals surface area contributed by atoms with E-state index in [-0.39, 0.29) is 41.6 Å². The molecular weight excluding hydrogens is 1060 g/mol. The third-order valence-corrected chi connectivity index (χ3v) is 15.5. The summed E-state index contributed by atoms with van der Waals surface area (Å²) in [4.78, 5) is 88.6. The Morgan fingerprint density at radius 3 is 2.03 bits per heavy atom. The topological polar surface area (TPSA) is 364 Å². The van der Waals surface area contributed by atoms with Crippen molar-refractivity contribution in [3.63, 3.8) is 0 Å². The molecule has 424 valence electrons. The number of hydrogen-bond donors (Lipinski definition) is 9. The van der Waals surface area contributed by atoms with E-state index in [4.69, 9.17) is 19.5 Å². The van der Waals surface area contributed by atoms with E-state index in [2.05, 4.69) is 90.0 Å². The maximum absolute atomic E-state index is 12.8. The van der Waals surface area contributed by atoms with E-state index in [1.807, 2.05) is 0 Å². The molecule has 0 bridgehead atoms. The highest BCUT2D eigenvalue weighted by molar-refractivity contribution is 8.13. The first-order valence-electron chi connectivity index (χ1n) is 25.2. The molecule has 7 atom stereocenters. The zero-order valence-corrected chi connectivity index (χ0v) is 46.5. The molecule has 1 saturated heterocycles. The lowest BCUT2D eigenvalue weighted by molar-refractivity contribution is -0.137. The minimum absolute atomic E-state index is 0.0321. The predicted molar refractivity (Wildman–Crippen MR) is 283 cm³/mol. The van der Waals surface area contributed by atoms with Gasteiger partial charge in [-0.3, -0.25) is 32.5 Å². The molecule has 24 nitrogen and oxygen atoms in total. The maximum Gasteiger partial charge on any atom is 0.481 e. The average Bonchev–Trinajstić information content (AvgIpc) is 3.91. The number of rotatable bonds is 39. The Bertz CT molecular complexity index is 2330. The monoisotopic (exact) mass is 1140 g/mol. The SMILES string of the molecule is CCCCC/C=C\C/C=C\C/C=C\C/C=C\CCCCCCCCCC(=O)SCCNC(=O)CCNC(=O)[C@H](O)C(C)(C)COP(=O)(O)OP(=O)(O)OC[C@H]1O[C@@H](n2cnc3c(N)ncnc32)[C@H](O)[C@@H]1OP(=O)(O)O. The highest BCUT2D eigenvalue weighted by atomic mass is 32.2. The second-order valence-corrected chi connectivity index (χ2v) is 23.8. The molecule has 1 aliphatic heterocycles. The van der Waals surface area contributed by atoms with Gasteiger partial charge in [-0.25, -0.2) is 28.6 Å². The predicted octanol–water partition coefficient (Wildman–Crippen LogP) is 7.15. The van der Waals surface area contributed by atoms with Crippen LogP contribution < -0.4 is 16.4 Å². The molecule has 28 heteroatoms. The van der Waals surface area contributed by atoms with Gasteiger partial charge in [-0.15, -0.1) is 0 Å². The number of imidazole rings is 1. The maximum atomic E-state index is 12.8. The molecule has 2 aromatic rings. The molecule has 2 aromatic heterocycles. The van der Waals surface area contributed by atoms with Gasteiger partial charge in [0.15, 0.2) is 22.8 Å². The molecular formula is C47H78N7O17P3S. The van der Waals surface area contributed by atoms with Gasteiger partial charge >= 0.3 is 23.5 Å². The number of unbranched alkanes of at least 4 members (excludes halogenated alkanes) is 10. The van der Waals surface area contributed by atoms with E-state index in [1.165, 1.54) is 58.8 Å². The van der Waals surface area contributed by atoms with E-state index < -0.39 is 84.6 Å². The summed E-state index contributed by atoms with van der Waals surface area (Å²) in [5.41, 5.74) is 4.29.